The summed E-state index contributed by atoms with van der Waals surface area (Å²) >= 11 is 0. The first kappa shape index (κ1) is 55.9. The molecule has 0 aliphatic carbocycles. The average Bonchev–Trinajstić information content (AvgIpc) is 3.99. The van der Waals surface area contributed by atoms with Crippen LogP contribution in [0.3, 0.4) is 0 Å². The summed E-state index contributed by atoms with van der Waals surface area (Å²) < 4.78 is 54.7. The molecule has 1 unspecified atom stereocenters. The number of carbonyl (C=O) groups is 4. The van der Waals surface area contributed by atoms with E-state index in [1.165, 1.54) is 48.5 Å². The molecule has 4 aromatic rings. The molecule has 4 N–H and O–H groups in total. The molecule has 0 spiro atoms. The molecular weight excluding hydrogens is 921 g/mol. The summed E-state index contributed by atoms with van der Waals surface area (Å²) in [6.45, 7) is 8.79. The number of rotatable bonds is 26. The Morgan fingerprint density at radius 2 is 1.11 bits per heavy atom. The smallest absolute Gasteiger partial charge is 0.343 e. The maximum Gasteiger partial charge on any atom is 0.343 e. The quantitative estimate of drug-likeness (QED) is 0.00753. The monoisotopic (exact) mass is 980 g/mol. The van der Waals surface area contributed by atoms with Gasteiger partial charge in [-0.3, -0.25) is 5.26 Å². The number of aliphatic hydroxyl groups excluding tert-OH is 1. The van der Waals surface area contributed by atoms with Crippen LogP contribution in [-0.4, -0.2) is 122 Å². The fraction of sp³-hybridized carbons (Fsp3) is 0.360. The normalized spacial score (nSPS) is 16.4. The number of fused-ring (bicyclic) bond motifs is 1. The summed E-state index contributed by atoms with van der Waals surface area (Å²) in [5.41, 5.74) is 2.39. The van der Waals surface area contributed by atoms with Crippen molar-refractivity contribution in [2.75, 3.05) is 53.2 Å². The van der Waals surface area contributed by atoms with Gasteiger partial charge in [-0.1, -0.05) is 37.4 Å². The first-order chi connectivity index (χ1) is 34.1. The highest BCUT2D eigenvalue weighted by molar-refractivity contribution is 5.92. The first-order valence-electron chi connectivity index (χ1n) is 22.0. The Hall–Kier alpha value is -6.72. The van der Waals surface area contributed by atoms with Crippen LogP contribution in [0.5, 0.6) is 23.0 Å². The fourth-order valence-corrected chi connectivity index (χ4v) is 6.14. The van der Waals surface area contributed by atoms with E-state index in [1.807, 2.05) is 24.3 Å². The van der Waals surface area contributed by atoms with Gasteiger partial charge in [0.15, 0.2) is 18.6 Å². The minimum absolute atomic E-state index is 0. The van der Waals surface area contributed by atoms with E-state index < -0.39 is 42.2 Å². The molecule has 70 heavy (non-hydrogen) atoms. The minimum Gasteiger partial charge on any atom is -0.508 e. The topological polar surface area (TPSA) is 260 Å². The van der Waals surface area contributed by atoms with E-state index in [4.69, 9.17) is 53.5 Å². The van der Waals surface area contributed by atoms with Gasteiger partial charge in [-0.15, -0.1) is 0 Å². The van der Waals surface area contributed by atoms with Gasteiger partial charge >= 0.3 is 23.9 Å². The summed E-state index contributed by atoms with van der Waals surface area (Å²) in [6.07, 6.45) is 3.09. The van der Waals surface area contributed by atoms with E-state index >= 15 is 0 Å². The van der Waals surface area contributed by atoms with Gasteiger partial charge < -0.3 is 62.5 Å². The molecule has 2 heterocycles. The maximum atomic E-state index is 12.8. The van der Waals surface area contributed by atoms with Crippen LogP contribution in [0.25, 0.3) is 0 Å². The lowest BCUT2D eigenvalue weighted by molar-refractivity contribution is -0.243. The molecule has 2 fully saturated rings. The number of phenolic OH excluding ortho intramolecular Hbond substituents is 1. The van der Waals surface area contributed by atoms with Crippen molar-refractivity contribution < 1.29 is 98.5 Å². The van der Waals surface area contributed by atoms with Crippen molar-refractivity contribution in [2.45, 2.75) is 63.3 Å². The van der Waals surface area contributed by atoms with Crippen LogP contribution in [0.15, 0.2) is 122 Å². The predicted molar refractivity (Wildman–Crippen MR) is 248 cm³/mol. The van der Waals surface area contributed by atoms with Crippen LogP contribution in [-0.2, 0) is 65.6 Å². The molecule has 0 radical (unpaired) electrons. The maximum absolute atomic E-state index is 12.8. The molecule has 20 heteroatoms. The third-order valence-electron chi connectivity index (χ3n) is 9.79. The molecule has 2 saturated heterocycles. The van der Waals surface area contributed by atoms with Gasteiger partial charge in [-0.25, -0.2) is 29.3 Å². The summed E-state index contributed by atoms with van der Waals surface area (Å²) in [7, 11) is 0. The van der Waals surface area contributed by atoms with Crippen molar-refractivity contribution in [3.63, 3.8) is 0 Å². The number of benzene rings is 4. The molecular formula is C50H60O20. The van der Waals surface area contributed by atoms with Crippen molar-refractivity contribution in [3.8, 4) is 23.0 Å². The van der Waals surface area contributed by atoms with E-state index in [0.29, 0.717) is 63.6 Å². The van der Waals surface area contributed by atoms with Crippen molar-refractivity contribution in [1.29, 1.82) is 0 Å². The molecule has 4 atom stereocenters. The highest BCUT2D eigenvalue weighted by atomic mass is 17.1. The number of ether oxygens (including phenoxy) is 10. The van der Waals surface area contributed by atoms with Gasteiger partial charge in [-0.2, -0.15) is 0 Å². The van der Waals surface area contributed by atoms with Crippen LogP contribution in [0.2, 0.25) is 0 Å². The number of carbonyl (C=O) groups excluding carboxylic acids is 4. The second kappa shape index (κ2) is 32.2. The third kappa shape index (κ3) is 20.5. The average molecular weight is 981 g/mol. The lowest BCUT2D eigenvalue weighted by Gasteiger charge is -2.17. The highest BCUT2D eigenvalue weighted by Crippen LogP contribution is 2.31. The number of phenols is 1. The predicted octanol–water partition coefficient (Wildman–Crippen LogP) is 6.62. The van der Waals surface area contributed by atoms with Gasteiger partial charge in [0.1, 0.15) is 42.4 Å². The molecule has 380 valence electrons. The first-order valence-corrected chi connectivity index (χ1v) is 22.0. The van der Waals surface area contributed by atoms with Gasteiger partial charge in [0.05, 0.1) is 57.4 Å². The second-order valence-electron chi connectivity index (χ2n) is 14.9. The molecule has 4 aromatic carbocycles. The Morgan fingerprint density at radius 1 is 0.614 bits per heavy atom. The van der Waals surface area contributed by atoms with E-state index in [9.17, 15) is 24.3 Å². The third-order valence-corrected chi connectivity index (χ3v) is 9.79. The Labute approximate surface area is 405 Å². The highest BCUT2D eigenvalue weighted by Gasteiger charge is 2.50. The van der Waals surface area contributed by atoms with Crippen molar-refractivity contribution >= 4 is 23.9 Å². The Bertz CT molecular complexity index is 2170. The molecule has 2 aliphatic rings. The minimum atomic E-state index is -0.612. The molecule has 6 rings (SSSR count). The standard InChI is InChI=1S/C36H34O13.C7H12O4.C7H12O3.H2/c37-27-9-5-25(6-10-27)35(38)47-29-15-7-26(8-16-29)36(39)48-32-20-44-33-31(19-43-34(32)33)46-22-42-18-23-1-11-28(12-2-23)45-21-41-17-24-3-13-30(49-40)14-4-24;1-2-7(8)10-5-3-4-6-11-9;1-2-7(9)10-6-4-3-5-8;/h1-16,31-34,37,40H,17-22H2;2,9H,1,3-6H2;2,8H,1,3-6H2;1H/t31-,32+,33?,34+;;;/m1.../s1. The Kier molecular flexibility index (Phi) is 25.7. The molecule has 0 amide bonds. The zero-order chi connectivity index (χ0) is 50.4. The fourth-order valence-electron chi connectivity index (χ4n) is 6.14. The Morgan fingerprint density at radius 3 is 1.69 bits per heavy atom. The van der Waals surface area contributed by atoms with E-state index in [-0.39, 0.29) is 70.2 Å². The van der Waals surface area contributed by atoms with Gasteiger partial charge in [0.2, 0.25) is 0 Å². The van der Waals surface area contributed by atoms with Crippen LogP contribution in [0.1, 0.15) is 59.0 Å². The van der Waals surface area contributed by atoms with Gasteiger partial charge in [0, 0.05) is 20.2 Å². The van der Waals surface area contributed by atoms with E-state index in [1.54, 1.807) is 24.3 Å². The largest absolute Gasteiger partial charge is 0.508 e. The van der Waals surface area contributed by atoms with Crippen LogP contribution in [0.4, 0.5) is 0 Å². The number of hydrogen-bond donors (Lipinski definition) is 4. The number of unbranched alkanes of at least 4 members (excludes halogenated alkanes) is 2. The Balaban J connectivity index is 0.000000505. The molecule has 20 nitrogen and oxygen atoms in total. The molecule has 0 bridgehead atoms. The zero-order valence-electron chi connectivity index (χ0n) is 38.3. The molecule has 0 saturated carbocycles. The van der Waals surface area contributed by atoms with Crippen LogP contribution < -0.4 is 14.4 Å². The zero-order valence-corrected chi connectivity index (χ0v) is 38.3. The second-order valence-corrected chi connectivity index (χ2v) is 14.9. The SMILES string of the molecule is C=CC(=O)OCCCCO.C=CC(=O)OCCCCOO.O=C(Oc1ccc(C(=O)O[C@H]2COC3[C@H]2OC[C@H]3OCOCc2ccc(OCOCc3ccc(OO)cc3)cc2)cc1)c1ccc(O)cc1.[HH]. The van der Waals surface area contributed by atoms with Crippen molar-refractivity contribution in [1.82, 2.24) is 0 Å². The van der Waals surface area contributed by atoms with E-state index in [2.05, 4.69) is 32.4 Å². The van der Waals surface area contributed by atoms with Crippen LogP contribution in [0, 0.1) is 0 Å². The van der Waals surface area contributed by atoms with Crippen molar-refractivity contribution in [2.24, 2.45) is 0 Å². The summed E-state index contributed by atoms with van der Waals surface area (Å²) in [5, 5.41) is 34.2. The summed E-state index contributed by atoms with van der Waals surface area (Å²) in [5.74, 6) is -0.685. The lowest BCUT2D eigenvalue weighted by Crippen LogP contribution is -2.35. The number of hydrogen-bond acceptors (Lipinski definition) is 20. The molecule has 0 aromatic heterocycles. The van der Waals surface area contributed by atoms with Gasteiger partial charge in [-0.05, 0) is 110 Å². The lowest BCUT2D eigenvalue weighted by atomic mass is 10.1. The number of esters is 4. The van der Waals surface area contributed by atoms with Crippen LogP contribution >= 0.6 is 0 Å². The number of aromatic hydroxyl groups is 1. The summed E-state index contributed by atoms with van der Waals surface area (Å²) in [4.78, 5) is 53.9. The number of aliphatic hydroxyl groups is 1. The van der Waals surface area contributed by atoms with Gasteiger partial charge in [0.25, 0.3) is 0 Å². The van der Waals surface area contributed by atoms with Crippen molar-refractivity contribution in [3.05, 3.63) is 145 Å². The van der Waals surface area contributed by atoms with E-state index in [0.717, 1.165) is 23.3 Å². The summed E-state index contributed by atoms with van der Waals surface area (Å²) in [6, 6.07) is 25.9. The molecule has 2 aliphatic heterocycles.